The molecule has 2 bridgehead atoms. The van der Waals surface area contributed by atoms with Crippen LogP contribution in [-0.2, 0) is 10.8 Å². The van der Waals surface area contributed by atoms with Gasteiger partial charge >= 0.3 is 0 Å². The fourth-order valence-corrected chi connectivity index (χ4v) is 18.5. The summed E-state index contributed by atoms with van der Waals surface area (Å²) in [7, 11) is 0. The van der Waals surface area contributed by atoms with Gasteiger partial charge in [0.1, 0.15) is 0 Å². The van der Waals surface area contributed by atoms with Crippen molar-refractivity contribution in [3.05, 3.63) is 212 Å². The molecule has 8 unspecified atom stereocenters. The van der Waals surface area contributed by atoms with Gasteiger partial charge in [-0.1, -0.05) is 213 Å². The molecule has 4 fully saturated rings. The molecule has 0 nitrogen and oxygen atoms in total. The maximum atomic E-state index is 2.83. The van der Waals surface area contributed by atoms with Gasteiger partial charge in [0.05, 0.1) is 0 Å². The molecule has 0 radical (unpaired) electrons. The van der Waals surface area contributed by atoms with Crippen LogP contribution < -0.4 is 27.3 Å². The van der Waals surface area contributed by atoms with Crippen LogP contribution in [0.3, 0.4) is 0 Å². The summed E-state index contributed by atoms with van der Waals surface area (Å²) in [6.07, 6.45) is 13.1. The monoisotopic (exact) mass is 903 g/mol. The first-order valence-corrected chi connectivity index (χ1v) is 27.1. The summed E-state index contributed by atoms with van der Waals surface area (Å²) in [5.41, 5.74) is 35.2. The normalized spacial score (nSPS) is 28.4. The van der Waals surface area contributed by atoms with Gasteiger partial charge in [-0.15, -0.1) is 0 Å². The lowest BCUT2D eigenvalue weighted by Crippen LogP contribution is -2.56. The van der Waals surface area contributed by atoms with Crippen LogP contribution in [0.15, 0.2) is 145 Å². The number of fused-ring (bicyclic) bond motifs is 2. The molecule has 4 saturated carbocycles. The number of rotatable bonds is 7. The number of hydrogen-bond acceptors (Lipinski definition) is 0. The fraction of sp³-hybridized carbons (Fsp3) is 0.324. The first-order valence-electron chi connectivity index (χ1n) is 27.1. The minimum atomic E-state index is 0.153. The number of aryl methyl sites for hydroxylation is 6. The minimum absolute atomic E-state index is 0.153. The Morgan fingerprint density at radius 3 is 1.91 bits per heavy atom. The molecule has 0 aromatic heterocycles. The highest BCUT2D eigenvalue weighted by molar-refractivity contribution is 6.97. The molecule has 0 saturated heterocycles. The smallest absolute Gasteiger partial charge is 0.0834 e. The highest BCUT2D eigenvalue weighted by Crippen LogP contribution is 2.89. The summed E-state index contributed by atoms with van der Waals surface area (Å²) in [5, 5.41) is 0. The summed E-state index contributed by atoms with van der Waals surface area (Å²) >= 11 is 0. The topological polar surface area (TPSA) is 0 Å². The Labute approximate surface area is 417 Å². The highest BCUT2D eigenvalue weighted by Gasteiger charge is 2.84. The second-order valence-corrected chi connectivity index (χ2v) is 24.6. The van der Waals surface area contributed by atoms with Gasteiger partial charge in [-0.3, -0.25) is 0 Å². The molecule has 7 aromatic rings. The Hall–Kier alpha value is -5.85. The second kappa shape index (κ2) is 14.2. The third kappa shape index (κ3) is 5.36. The molecule has 0 N–H and O–H groups in total. The molecular weight excluding hydrogens is 838 g/mol. The van der Waals surface area contributed by atoms with E-state index in [1.54, 1.807) is 49.8 Å². The summed E-state index contributed by atoms with van der Waals surface area (Å²) in [5.74, 6) is 3.39. The van der Waals surface area contributed by atoms with Crippen molar-refractivity contribution >= 4 is 46.3 Å². The van der Waals surface area contributed by atoms with E-state index < -0.39 is 0 Å². The van der Waals surface area contributed by atoms with Gasteiger partial charge in [-0.25, -0.2) is 0 Å². The van der Waals surface area contributed by atoms with E-state index in [4.69, 9.17) is 0 Å². The van der Waals surface area contributed by atoms with E-state index in [0.717, 1.165) is 11.8 Å². The van der Waals surface area contributed by atoms with Gasteiger partial charge < -0.3 is 0 Å². The summed E-state index contributed by atoms with van der Waals surface area (Å²) < 4.78 is 0. The standard InChI is InChI=1S/C68H64B2/c1-38-25-40(3)61(41(4)26-38)69(62-42(5)27-39(2)28-43(62)6)53-16-10-15-49(30-53)48-14-9-13-47(29-48)46-21-23-51(24-22-46)68-36-66(33-50-34-67(68,37-68)60(50)35-66)52-31-58-44(7)54-17-11-19-56-57-20-12-18-55-45(8)59(32-52)65(58)70(63(54)56)64(55)57/h9-17,19-32,44-45,50,55,60H,18,33-37H2,1-8H3. The molecule has 7 aromatic carbocycles. The Kier molecular flexibility index (Phi) is 8.49. The molecule has 15 rings (SSSR count). The number of hydrogen-bond donors (Lipinski definition) is 0. The zero-order valence-electron chi connectivity index (χ0n) is 42.6. The Balaban J connectivity index is 0.766. The van der Waals surface area contributed by atoms with Gasteiger partial charge in [0.25, 0.3) is 0 Å². The van der Waals surface area contributed by atoms with Crippen molar-refractivity contribution in [2.45, 2.75) is 117 Å². The molecule has 3 aliphatic heterocycles. The van der Waals surface area contributed by atoms with E-state index in [0.29, 0.717) is 35.3 Å². The molecule has 2 heteroatoms. The van der Waals surface area contributed by atoms with Crippen molar-refractivity contribution in [3.8, 4) is 22.3 Å². The van der Waals surface area contributed by atoms with E-state index in [1.165, 1.54) is 116 Å². The Morgan fingerprint density at radius 2 is 1.20 bits per heavy atom. The zero-order chi connectivity index (χ0) is 47.3. The molecule has 8 aliphatic rings. The zero-order valence-corrected chi connectivity index (χ0v) is 42.6. The predicted octanol–water partition coefficient (Wildman–Crippen LogP) is 12.9. The predicted molar refractivity (Wildman–Crippen MR) is 297 cm³/mol. The maximum Gasteiger partial charge on any atom is 0.242 e. The van der Waals surface area contributed by atoms with E-state index in [2.05, 4.69) is 195 Å². The molecule has 5 aliphatic carbocycles. The summed E-state index contributed by atoms with van der Waals surface area (Å²) in [6.45, 7) is 19.4. The average molecular weight is 903 g/mol. The van der Waals surface area contributed by atoms with Crippen molar-refractivity contribution in [3.63, 3.8) is 0 Å². The SMILES string of the molecule is Cc1cc(C)c(B(c2cccc(-c3cccc(-c4ccc(C56CC7(c8cc9c%10c(c8)C(C)C8CC=CC%11=C8B%10c8c%11cccc8C9C)CC8CC5(C6)C8C7)cc4)c3)c2)c2c(C)cc(C)cc2C)c(C)c1. The molecule has 8 atom stereocenters. The lowest BCUT2D eigenvalue weighted by molar-refractivity contribution is 0.0415. The van der Waals surface area contributed by atoms with E-state index >= 15 is 0 Å². The van der Waals surface area contributed by atoms with Gasteiger partial charge in [-0.05, 0) is 182 Å². The quantitative estimate of drug-likeness (QED) is 0.140. The Bertz CT molecular complexity index is 3440. The van der Waals surface area contributed by atoms with Crippen LogP contribution in [0, 0.1) is 64.7 Å². The maximum absolute atomic E-state index is 2.83. The number of allylic oxidation sites excluding steroid dienone is 4. The van der Waals surface area contributed by atoms with Crippen molar-refractivity contribution < 1.29 is 0 Å². The van der Waals surface area contributed by atoms with E-state index in [9.17, 15) is 0 Å². The largest absolute Gasteiger partial charge is 0.242 e. The van der Waals surface area contributed by atoms with Crippen molar-refractivity contribution in [2.75, 3.05) is 0 Å². The minimum Gasteiger partial charge on any atom is -0.0834 e. The lowest BCUT2D eigenvalue weighted by atomic mass is 9.28. The molecule has 1 spiro atoms. The van der Waals surface area contributed by atoms with Crippen LogP contribution >= 0.6 is 0 Å². The molecular formula is C68H64B2. The summed E-state index contributed by atoms with van der Waals surface area (Å²) in [4.78, 5) is 0. The number of benzene rings is 7. The third-order valence-corrected chi connectivity index (χ3v) is 21.1. The fourth-order valence-electron chi connectivity index (χ4n) is 18.5. The average Bonchev–Trinajstić information content (AvgIpc) is 3.88. The molecule has 3 heterocycles. The first-order chi connectivity index (χ1) is 33.9. The van der Waals surface area contributed by atoms with Gasteiger partial charge in [0.2, 0.25) is 13.4 Å². The van der Waals surface area contributed by atoms with Crippen LogP contribution in [0.4, 0.5) is 0 Å². The molecule has 0 amide bonds. The van der Waals surface area contributed by atoms with E-state index in [-0.39, 0.29) is 12.1 Å². The van der Waals surface area contributed by atoms with Crippen LogP contribution in [0.25, 0.3) is 27.8 Å². The first kappa shape index (κ1) is 41.9. The van der Waals surface area contributed by atoms with Gasteiger partial charge in [-0.2, -0.15) is 0 Å². The van der Waals surface area contributed by atoms with Crippen molar-refractivity contribution in [2.24, 2.45) is 23.2 Å². The molecule has 342 valence electrons. The second-order valence-electron chi connectivity index (χ2n) is 24.6. The molecule has 70 heavy (non-hydrogen) atoms. The lowest BCUT2D eigenvalue weighted by Gasteiger charge is -2.49. The Morgan fingerprint density at radius 1 is 0.557 bits per heavy atom. The van der Waals surface area contributed by atoms with Crippen molar-refractivity contribution in [1.82, 2.24) is 0 Å². The van der Waals surface area contributed by atoms with Crippen LogP contribution in [0.1, 0.15) is 131 Å². The van der Waals surface area contributed by atoms with Crippen molar-refractivity contribution in [1.29, 1.82) is 0 Å². The van der Waals surface area contributed by atoms with Crippen LogP contribution in [0.2, 0.25) is 0 Å². The van der Waals surface area contributed by atoms with Gasteiger partial charge in [0.15, 0.2) is 0 Å². The van der Waals surface area contributed by atoms with Crippen LogP contribution in [-0.4, -0.2) is 13.4 Å². The summed E-state index contributed by atoms with van der Waals surface area (Å²) in [6, 6.07) is 51.3. The van der Waals surface area contributed by atoms with Crippen LogP contribution in [0.5, 0.6) is 0 Å². The van der Waals surface area contributed by atoms with E-state index in [1.807, 2.05) is 0 Å². The van der Waals surface area contributed by atoms with Gasteiger partial charge in [0, 0.05) is 11.3 Å². The highest BCUT2D eigenvalue weighted by atomic mass is 14.9. The third-order valence-electron chi connectivity index (χ3n) is 21.1.